The van der Waals surface area contributed by atoms with Crippen LogP contribution in [-0.2, 0) is 4.84 Å². The van der Waals surface area contributed by atoms with E-state index in [2.05, 4.69) is 26.7 Å². The summed E-state index contributed by atoms with van der Waals surface area (Å²) in [6.45, 7) is 4.78. The molecule has 0 bridgehead atoms. The Kier molecular flexibility index (Phi) is 4.49. The molecule has 8 heteroatoms. The maximum absolute atomic E-state index is 6.00. The second kappa shape index (κ2) is 7.09. The molecule has 26 heavy (non-hydrogen) atoms. The van der Waals surface area contributed by atoms with Crippen LogP contribution in [0, 0.1) is 0 Å². The molecule has 0 aromatic carbocycles. The Hall–Kier alpha value is -3.00. The molecule has 0 spiro atoms. The Morgan fingerprint density at radius 1 is 1.46 bits per heavy atom. The summed E-state index contributed by atoms with van der Waals surface area (Å²) in [5.41, 5.74) is 2.47. The van der Waals surface area contributed by atoms with Crippen molar-refractivity contribution in [3.63, 3.8) is 0 Å². The fourth-order valence-corrected chi connectivity index (χ4v) is 3.44. The van der Waals surface area contributed by atoms with Gasteiger partial charge in [-0.1, -0.05) is 17.8 Å². The lowest BCUT2D eigenvalue weighted by Gasteiger charge is -2.21. The van der Waals surface area contributed by atoms with Gasteiger partial charge in [-0.05, 0) is 12.1 Å². The molecule has 7 nitrogen and oxygen atoms in total. The first kappa shape index (κ1) is 16.5. The topological polar surface area (TPSA) is 76.6 Å². The first-order valence-electron chi connectivity index (χ1n) is 8.15. The van der Waals surface area contributed by atoms with E-state index in [0.717, 1.165) is 34.1 Å². The zero-order valence-electron chi connectivity index (χ0n) is 14.3. The zero-order valence-corrected chi connectivity index (χ0v) is 15.1. The molecule has 4 heterocycles. The van der Waals surface area contributed by atoms with Crippen molar-refractivity contribution >= 4 is 22.9 Å². The molecule has 0 saturated heterocycles. The van der Waals surface area contributed by atoms with Gasteiger partial charge in [0.1, 0.15) is 22.2 Å². The fraction of sp³-hybridized carbons (Fsp3) is 0.222. The third-order valence-corrected chi connectivity index (χ3v) is 4.94. The van der Waals surface area contributed by atoms with Crippen molar-refractivity contribution in [1.29, 1.82) is 0 Å². The molecule has 0 saturated carbocycles. The van der Waals surface area contributed by atoms with Crippen molar-refractivity contribution in [2.24, 2.45) is 5.16 Å². The van der Waals surface area contributed by atoms with Gasteiger partial charge in [0, 0.05) is 38.0 Å². The summed E-state index contributed by atoms with van der Waals surface area (Å²) in [7, 11) is 1.98. The lowest BCUT2D eigenvalue weighted by atomic mass is 10.1. The molecular weight excluding hydrogens is 350 g/mol. The number of oxazole rings is 1. The number of hydrogen-bond donors (Lipinski definition) is 0. The van der Waals surface area contributed by atoms with Crippen LogP contribution in [-0.4, -0.2) is 40.9 Å². The summed E-state index contributed by atoms with van der Waals surface area (Å²) in [5, 5.41) is 5.06. The van der Waals surface area contributed by atoms with Crippen LogP contribution in [0.2, 0.25) is 0 Å². The molecule has 1 aliphatic rings. The number of nitrogens with zero attached hydrogens (tertiary/aromatic N) is 5. The van der Waals surface area contributed by atoms with Gasteiger partial charge in [0.05, 0.1) is 6.20 Å². The number of pyridine rings is 1. The highest BCUT2D eigenvalue weighted by Gasteiger charge is 2.28. The van der Waals surface area contributed by atoms with Crippen molar-refractivity contribution in [3.8, 4) is 21.3 Å². The number of thiazole rings is 1. The minimum absolute atomic E-state index is 0.364. The van der Waals surface area contributed by atoms with Crippen LogP contribution in [0.25, 0.3) is 21.3 Å². The average molecular weight is 367 g/mol. The quantitative estimate of drug-likeness (QED) is 0.389. The number of oxime groups is 1. The molecule has 132 valence electrons. The van der Waals surface area contributed by atoms with Crippen molar-refractivity contribution in [1.82, 2.24) is 15.0 Å². The van der Waals surface area contributed by atoms with Crippen molar-refractivity contribution < 1.29 is 9.25 Å². The number of rotatable bonds is 5. The van der Waals surface area contributed by atoms with E-state index < -0.39 is 0 Å². The fourth-order valence-electron chi connectivity index (χ4n) is 2.61. The molecule has 0 N–H and O–H groups in total. The third-order valence-electron chi connectivity index (χ3n) is 3.91. The highest BCUT2D eigenvalue weighted by atomic mass is 32.1. The molecule has 0 atom stereocenters. The molecular formula is C18H17N5O2S. The van der Waals surface area contributed by atoms with E-state index in [1.165, 1.54) is 11.3 Å². The highest BCUT2D eigenvalue weighted by Crippen LogP contribution is 2.36. The Bertz CT molecular complexity index is 948. The van der Waals surface area contributed by atoms with Gasteiger partial charge in [0.15, 0.2) is 5.69 Å². The van der Waals surface area contributed by atoms with E-state index in [0.29, 0.717) is 24.1 Å². The molecule has 0 amide bonds. The normalized spacial score (nSPS) is 15.1. The molecule has 1 aliphatic heterocycles. The molecule has 0 fully saturated rings. The monoisotopic (exact) mass is 367 g/mol. The Morgan fingerprint density at radius 2 is 2.38 bits per heavy atom. The molecule has 3 aromatic heterocycles. The number of hydrogen-bond acceptors (Lipinski definition) is 8. The van der Waals surface area contributed by atoms with Crippen molar-refractivity contribution in [2.45, 2.75) is 6.42 Å². The van der Waals surface area contributed by atoms with E-state index in [1.807, 2.05) is 24.1 Å². The van der Waals surface area contributed by atoms with Crippen LogP contribution in [0.4, 0.5) is 5.88 Å². The number of aromatic nitrogens is 3. The maximum Gasteiger partial charge on any atom is 0.241 e. The molecule has 4 rings (SSSR count). The van der Waals surface area contributed by atoms with Gasteiger partial charge < -0.3 is 14.2 Å². The summed E-state index contributed by atoms with van der Waals surface area (Å²) in [5.74, 6) is 1.23. The van der Waals surface area contributed by atoms with E-state index >= 15 is 0 Å². The van der Waals surface area contributed by atoms with Crippen LogP contribution in [0.15, 0.2) is 53.0 Å². The Labute approximate surface area is 154 Å². The van der Waals surface area contributed by atoms with Crippen LogP contribution in [0.1, 0.15) is 12.1 Å². The van der Waals surface area contributed by atoms with Gasteiger partial charge in [0.2, 0.25) is 11.8 Å². The lowest BCUT2D eigenvalue weighted by molar-refractivity contribution is 0.174. The smallest absolute Gasteiger partial charge is 0.241 e. The van der Waals surface area contributed by atoms with Crippen LogP contribution >= 0.6 is 11.3 Å². The van der Waals surface area contributed by atoms with E-state index in [-0.39, 0.29) is 0 Å². The van der Waals surface area contributed by atoms with Crippen LogP contribution in [0.3, 0.4) is 0 Å². The molecule has 3 aromatic rings. The molecule has 0 aliphatic carbocycles. The summed E-state index contributed by atoms with van der Waals surface area (Å²) >= 11 is 1.52. The summed E-state index contributed by atoms with van der Waals surface area (Å²) in [6.07, 6.45) is 7.71. The average Bonchev–Trinajstić information content (AvgIpc) is 3.32. The zero-order chi connectivity index (χ0) is 17.9. The predicted molar refractivity (Wildman–Crippen MR) is 101 cm³/mol. The Morgan fingerprint density at radius 3 is 3.19 bits per heavy atom. The van der Waals surface area contributed by atoms with E-state index in [1.54, 1.807) is 24.7 Å². The summed E-state index contributed by atoms with van der Waals surface area (Å²) in [4.78, 5) is 21.4. The van der Waals surface area contributed by atoms with Crippen LogP contribution < -0.4 is 4.90 Å². The van der Waals surface area contributed by atoms with Gasteiger partial charge in [-0.25, -0.2) is 9.97 Å². The Balaban J connectivity index is 1.67. The first-order chi connectivity index (χ1) is 12.8. The van der Waals surface area contributed by atoms with Crippen molar-refractivity contribution in [3.05, 3.63) is 49.1 Å². The third kappa shape index (κ3) is 3.11. The highest BCUT2D eigenvalue weighted by molar-refractivity contribution is 7.18. The summed E-state index contributed by atoms with van der Waals surface area (Å²) < 4.78 is 6.00. The second-order valence-electron chi connectivity index (χ2n) is 5.74. The second-order valence-corrected chi connectivity index (χ2v) is 6.77. The first-order valence-corrected chi connectivity index (χ1v) is 8.96. The van der Waals surface area contributed by atoms with Crippen LogP contribution in [0.5, 0.6) is 0 Å². The van der Waals surface area contributed by atoms with Gasteiger partial charge in [-0.15, -0.1) is 11.3 Å². The minimum atomic E-state index is 0.364. The van der Waals surface area contributed by atoms with Gasteiger partial charge in [0.25, 0.3) is 0 Å². The SMILES string of the molecule is C=CCON=C1CCN(C)c2oc(-c3cnc(-c4cccnc4)s3)nc21. The van der Waals surface area contributed by atoms with Gasteiger partial charge >= 0.3 is 0 Å². The van der Waals surface area contributed by atoms with Gasteiger partial charge in [-0.2, -0.15) is 0 Å². The van der Waals surface area contributed by atoms with Gasteiger partial charge in [-0.3, -0.25) is 4.98 Å². The van der Waals surface area contributed by atoms with E-state index in [4.69, 9.17) is 9.25 Å². The molecule has 0 unspecified atom stereocenters. The predicted octanol–water partition coefficient (Wildman–Crippen LogP) is 3.61. The standard InChI is InChI=1S/C18H17N5O2S/c1-3-9-24-22-13-6-8-23(2)18-15(13)21-16(25-18)14-11-20-17(26-14)12-5-4-7-19-10-12/h3-5,7,10-11H,1,6,8-9H2,2H3. The number of anilines is 1. The van der Waals surface area contributed by atoms with E-state index in [9.17, 15) is 0 Å². The number of fused-ring (bicyclic) bond motifs is 1. The summed E-state index contributed by atoms with van der Waals surface area (Å²) in [6, 6.07) is 3.87. The van der Waals surface area contributed by atoms with Crippen molar-refractivity contribution in [2.75, 3.05) is 25.1 Å². The lowest BCUT2D eigenvalue weighted by Crippen LogP contribution is -2.28. The molecule has 0 radical (unpaired) electrons. The maximum atomic E-state index is 6.00. The minimum Gasteiger partial charge on any atom is -0.419 e. The largest absolute Gasteiger partial charge is 0.419 e.